The van der Waals surface area contributed by atoms with Crippen molar-refractivity contribution < 1.29 is 4.79 Å². The van der Waals surface area contributed by atoms with E-state index in [0.29, 0.717) is 0 Å². The molecule has 1 unspecified atom stereocenters. The predicted octanol–water partition coefficient (Wildman–Crippen LogP) is 4.38. The minimum atomic E-state index is -0.115. The number of amides is 1. The molecule has 0 radical (unpaired) electrons. The van der Waals surface area contributed by atoms with Gasteiger partial charge < -0.3 is 9.47 Å². The molecule has 1 fully saturated rings. The van der Waals surface area contributed by atoms with E-state index in [4.69, 9.17) is 4.98 Å². The minimum Gasteiger partial charge on any atom is -0.342 e. The summed E-state index contributed by atoms with van der Waals surface area (Å²) in [6, 6.07) is 18.7. The molecule has 0 spiro atoms. The lowest BCUT2D eigenvalue weighted by Crippen LogP contribution is -2.34. The Morgan fingerprint density at radius 2 is 1.78 bits per heavy atom. The Morgan fingerprint density at radius 3 is 2.56 bits per heavy atom. The van der Waals surface area contributed by atoms with E-state index >= 15 is 0 Å². The maximum absolute atomic E-state index is 12.7. The fraction of sp³-hybridized carbons (Fsp3) is 0.364. The van der Waals surface area contributed by atoms with Gasteiger partial charge in [0.15, 0.2) is 5.16 Å². The monoisotopic (exact) mass is 379 g/mol. The van der Waals surface area contributed by atoms with Crippen LogP contribution in [0.1, 0.15) is 25.3 Å². The fourth-order valence-corrected chi connectivity index (χ4v) is 4.68. The van der Waals surface area contributed by atoms with E-state index in [1.807, 2.05) is 30.0 Å². The molecular formula is C22H25N3OS. The molecule has 1 aliphatic rings. The van der Waals surface area contributed by atoms with Crippen LogP contribution >= 0.6 is 11.8 Å². The normalized spacial score (nSPS) is 15.4. The van der Waals surface area contributed by atoms with Gasteiger partial charge >= 0.3 is 0 Å². The number of carbonyl (C=O) groups excluding carboxylic acids is 1. The zero-order chi connectivity index (χ0) is 18.6. The van der Waals surface area contributed by atoms with Gasteiger partial charge in [-0.25, -0.2) is 4.98 Å². The number of imidazole rings is 1. The second-order valence-corrected chi connectivity index (χ2v) is 8.37. The van der Waals surface area contributed by atoms with Gasteiger partial charge in [0.2, 0.25) is 5.91 Å². The molecular weight excluding hydrogens is 354 g/mol. The van der Waals surface area contributed by atoms with Gasteiger partial charge in [-0.2, -0.15) is 0 Å². The summed E-state index contributed by atoms with van der Waals surface area (Å²) in [5.41, 5.74) is 3.44. The lowest BCUT2D eigenvalue weighted by atomic mass is 10.1. The first-order valence-corrected chi connectivity index (χ1v) is 10.5. The van der Waals surface area contributed by atoms with Crippen molar-refractivity contribution in [2.45, 2.75) is 43.1 Å². The molecule has 0 aliphatic carbocycles. The van der Waals surface area contributed by atoms with E-state index in [0.717, 1.165) is 55.1 Å². The molecule has 4 nitrogen and oxygen atoms in total. The molecule has 140 valence electrons. The molecule has 1 amide bonds. The molecule has 0 bridgehead atoms. The lowest BCUT2D eigenvalue weighted by molar-refractivity contribution is -0.129. The number of nitrogens with zero attached hydrogens (tertiary/aromatic N) is 3. The highest BCUT2D eigenvalue weighted by Crippen LogP contribution is 2.29. The van der Waals surface area contributed by atoms with Gasteiger partial charge in [-0.05, 0) is 43.9 Å². The number of fused-ring (bicyclic) bond motifs is 1. The number of aromatic nitrogens is 2. The van der Waals surface area contributed by atoms with Gasteiger partial charge in [-0.1, -0.05) is 54.2 Å². The van der Waals surface area contributed by atoms with Gasteiger partial charge in [0, 0.05) is 19.6 Å². The molecule has 1 atom stereocenters. The standard InChI is InChI=1S/C22H25N3OS/c1-17(21(26)24-14-7-8-15-24)27-22-23-19-11-5-6-12-20(19)25(22)16-13-18-9-3-2-4-10-18/h2-6,9-12,17H,7-8,13-16H2,1H3. The van der Waals surface area contributed by atoms with Crippen molar-refractivity contribution >= 4 is 28.7 Å². The number of benzene rings is 2. The molecule has 5 heteroatoms. The molecule has 4 rings (SSSR count). The third-order valence-electron chi connectivity index (χ3n) is 5.13. The zero-order valence-electron chi connectivity index (χ0n) is 15.7. The largest absolute Gasteiger partial charge is 0.342 e. The van der Waals surface area contributed by atoms with Crippen molar-refractivity contribution in [1.29, 1.82) is 0 Å². The predicted molar refractivity (Wildman–Crippen MR) is 111 cm³/mol. The highest BCUT2D eigenvalue weighted by atomic mass is 32.2. The Kier molecular flexibility index (Phi) is 5.48. The van der Waals surface area contributed by atoms with Crippen molar-refractivity contribution in [2.75, 3.05) is 13.1 Å². The average Bonchev–Trinajstić information content (AvgIpc) is 3.34. The van der Waals surface area contributed by atoms with Crippen LogP contribution in [0.25, 0.3) is 11.0 Å². The molecule has 2 heterocycles. The Bertz CT molecular complexity index is 916. The van der Waals surface area contributed by atoms with Gasteiger partial charge in [-0.15, -0.1) is 0 Å². The van der Waals surface area contributed by atoms with Gasteiger partial charge in [0.05, 0.1) is 16.3 Å². The van der Waals surface area contributed by atoms with E-state index in [1.54, 1.807) is 11.8 Å². The summed E-state index contributed by atoms with van der Waals surface area (Å²) in [4.78, 5) is 19.5. The number of likely N-dealkylation sites (tertiary alicyclic amines) is 1. The number of hydrogen-bond donors (Lipinski definition) is 0. The number of thioether (sulfide) groups is 1. The average molecular weight is 380 g/mol. The molecule has 1 aliphatic heterocycles. The summed E-state index contributed by atoms with van der Waals surface area (Å²) in [5, 5.41) is 0.822. The Hall–Kier alpha value is -2.27. The van der Waals surface area contributed by atoms with Crippen molar-refractivity contribution in [3.8, 4) is 0 Å². The summed E-state index contributed by atoms with van der Waals surface area (Å²) in [6.07, 6.45) is 3.20. The van der Waals surface area contributed by atoms with Crippen LogP contribution in [0.3, 0.4) is 0 Å². The fourth-order valence-electron chi connectivity index (χ4n) is 3.65. The number of rotatable bonds is 6. The smallest absolute Gasteiger partial charge is 0.235 e. The first kappa shape index (κ1) is 18.1. The summed E-state index contributed by atoms with van der Waals surface area (Å²) in [6.45, 7) is 4.66. The van der Waals surface area contributed by atoms with Crippen LogP contribution in [0.5, 0.6) is 0 Å². The molecule has 1 saturated heterocycles. The Labute approximate surface area is 164 Å². The molecule has 2 aromatic carbocycles. The number of aryl methyl sites for hydroxylation is 2. The second kappa shape index (κ2) is 8.17. The third kappa shape index (κ3) is 4.03. The highest BCUT2D eigenvalue weighted by molar-refractivity contribution is 8.00. The van der Waals surface area contributed by atoms with Crippen molar-refractivity contribution in [2.24, 2.45) is 0 Å². The van der Waals surface area contributed by atoms with Crippen LogP contribution in [0.15, 0.2) is 59.8 Å². The summed E-state index contributed by atoms with van der Waals surface area (Å²) in [5.74, 6) is 0.235. The number of hydrogen-bond acceptors (Lipinski definition) is 3. The maximum atomic E-state index is 12.7. The molecule has 27 heavy (non-hydrogen) atoms. The van der Waals surface area contributed by atoms with Gasteiger partial charge in [0.1, 0.15) is 0 Å². The summed E-state index contributed by atoms with van der Waals surface area (Å²) in [7, 11) is 0. The van der Waals surface area contributed by atoms with Crippen LogP contribution in [-0.2, 0) is 17.8 Å². The molecule has 0 N–H and O–H groups in total. The SMILES string of the molecule is CC(Sc1nc2ccccc2n1CCc1ccccc1)C(=O)N1CCCC1. The molecule has 1 aromatic heterocycles. The van der Waals surface area contributed by atoms with Crippen LogP contribution in [0.2, 0.25) is 0 Å². The Balaban J connectivity index is 1.56. The van der Waals surface area contributed by atoms with Gasteiger partial charge in [-0.3, -0.25) is 4.79 Å². The second-order valence-electron chi connectivity index (χ2n) is 7.06. The lowest BCUT2D eigenvalue weighted by Gasteiger charge is -2.20. The first-order chi connectivity index (χ1) is 13.2. The quantitative estimate of drug-likeness (QED) is 0.597. The highest BCUT2D eigenvalue weighted by Gasteiger charge is 2.25. The maximum Gasteiger partial charge on any atom is 0.235 e. The van der Waals surface area contributed by atoms with Crippen LogP contribution < -0.4 is 0 Å². The van der Waals surface area contributed by atoms with Crippen LogP contribution in [-0.4, -0.2) is 38.7 Å². The third-order valence-corrected chi connectivity index (χ3v) is 6.21. The minimum absolute atomic E-state index is 0.115. The van der Waals surface area contributed by atoms with E-state index < -0.39 is 0 Å². The molecule has 3 aromatic rings. The van der Waals surface area contributed by atoms with Crippen molar-refractivity contribution in [1.82, 2.24) is 14.5 Å². The van der Waals surface area contributed by atoms with E-state index in [-0.39, 0.29) is 11.2 Å². The first-order valence-electron chi connectivity index (χ1n) is 9.67. The zero-order valence-corrected chi connectivity index (χ0v) is 16.5. The van der Waals surface area contributed by atoms with Crippen LogP contribution in [0, 0.1) is 0 Å². The Morgan fingerprint density at radius 1 is 1.07 bits per heavy atom. The van der Waals surface area contributed by atoms with Crippen molar-refractivity contribution in [3.05, 3.63) is 60.2 Å². The van der Waals surface area contributed by atoms with Gasteiger partial charge in [0.25, 0.3) is 0 Å². The van der Waals surface area contributed by atoms with Crippen molar-refractivity contribution in [3.63, 3.8) is 0 Å². The van der Waals surface area contributed by atoms with E-state index in [9.17, 15) is 4.79 Å². The topological polar surface area (TPSA) is 38.1 Å². The molecule has 0 saturated carbocycles. The summed E-state index contributed by atoms with van der Waals surface area (Å²) < 4.78 is 2.26. The van der Waals surface area contributed by atoms with Crippen LogP contribution in [0.4, 0.5) is 0 Å². The number of carbonyl (C=O) groups is 1. The summed E-state index contributed by atoms with van der Waals surface area (Å²) >= 11 is 1.59. The number of para-hydroxylation sites is 2. The van der Waals surface area contributed by atoms with E-state index in [1.165, 1.54) is 5.56 Å². The van der Waals surface area contributed by atoms with E-state index in [2.05, 4.69) is 41.0 Å².